The molecular formula is C19H33ClN2O2. The van der Waals surface area contributed by atoms with Crippen molar-refractivity contribution in [1.29, 1.82) is 0 Å². The molecule has 1 amide bonds. The second kappa shape index (κ2) is 6.77. The quantitative estimate of drug-likeness (QED) is 0.842. The lowest BCUT2D eigenvalue weighted by molar-refractivity contribution is -0.150. The first kappa shape index (κ1) is 18.5. The Kier molecular flexibility index (Phi) is 5.21. The molecule has 4 saturated carbocycles. The van der Waals surface area contributed by atoms with E-state index in [4.69, 9.17) is 10.5 Å². The zero-order chi connectivity index (χ0) is 16.1. The highest BCUT2D eigenvalue weighted by Gasteiger charge is 2.52. The number of carbonyl (C=O) groups is 1. The van der Waals surface area contributed by atoms with Gasteiger partial charge in [-0.1, -0.05) is 0 Å². The Morgan fingerprint density at radius 3 is 2.04 bits per heavy atom. The molecule has 4 aliphatic carbocycles. The van der Waals surface area contributed by atoms with E-state index < -0.39 is 0 Å². The largest absolute Gasteiger partial charge is 0.381 e. The van der Waals surface area contributed by atoms with Crippen molar-refractivity contribution < 1.29 is 9.53 Å². The molecule has 0 aromatic heterocycles. The van der Waals surface area contributed by atoms with Gasteiger partial charge in [-0.15, -0.1) is 12.4 Å². The highest BCUT2D eigenvalue weighted by molar-refractivity contribution is 5.85. The zero-order valence-electron chi connectivity index (χ0n) is 15.0. The van der Waals surface area contributed by atoms with Crippen LogP contribution in [0.3, 0.4) is 0 Å². The fourth-order valence-corrected chi connectivity index (χ4v) is 6.73. The van der Waals surface area contributed by atoms with Crippen LogP contribution in [0.4, 0.5) is 0 Å². The number of hydrogen-bond donors (Lipinski definition) is 1. The molecule has 0 aromatic rings. The molecule has 1 saturated heterocycles. The van der Waals surface area contributed by atoms with Crippen LogP contribution >= 0.6 is 12.4 Å². The molecule has 2 N–H and O–H groups in total. The molecule has 1 heterocycles. The average molecular weight is 357 g/mol. The molecule has 138 valence electrons. The summed E-state index contributed by atoms with van der Waals surface area (Å²) in [5.74, 6) is 3.10. The number of carbonyl (C=O) groups excluding carboxylic acids is 1. The van der Waals surface area contributed by atoms with E-state index in [1.54, 1.807) is 0 Å². The second-order valence-corrected chi connectivity index (χ2v) is 9.18. The normalized spacial score (nSPS) is 39.3. The van der Waals surface area contributed by atoms with Crippen molar-refractivity contribution >= 4 is 18.3 Å². The van der Waals surface area contributed by atoms with Gasteiger partial charge in [-0.2, -0.15) is 0 Å². The summed E-state index contributed by atoms with van der Waals surface area (Å²) in [5, 5.41) is 0. The van der Waals surface area contributed by atoms with Crippen LogP contribution in [-0.4, -0.2) is 44.2 Å². The van der Waals surface area contributed by atoms with E-state index in [1.807, 2.05) is 11.9 Å². The fraction of sp³-hybridized carbons (Fsp3) is 0.947. The van der Waals surface area contributed by atoms with E-state index in [2.05, 4.69) is 0 Å². The number of ether oxygens (including phenoxy) is 1. The van der Waals surface area contributed by atoms with E-state index in [0.717, 1.165) is 37.1 Å². The summed E-state index contributed by atoms with van der Waals surface area (Å²) in [6, 6.07) is 0. The van der Waals surface area contributed by atoms with E-state index in [1.165, 1.54) is 38.5 Å². The van der Waals surface area contributed by atoms with Gasteiger partial charge in [-0.25, -0.2) is 0 Å². The minimum absolute atomic E-state index is 0. The molecule has 5 aliphatic rings. The predicted octanol–water partition coefficient (Wildman–Crippen LogP) is 2.84. The van der Waals surface area contributed by atoms with Crippen LogP contribution in [0.5, 0.6) is 0 Å². The topological polar surface area (TPSA) is 55.6 Å². The van der Waals surface area contributed by atoms with Gasteiger partial charge in [0.15, 0.2) is 0 Å². The van der Waals surface area contributed by atoms with Crippen molar-refractivity contribution in [2.45, 2.75) is 51.4 Å². The van der Waals surface area contributed by atoms with Gasteiger partial charge in [-0.05, 0) is 74.5 Å². The number of nitrogens with two attached hydrogens (primary N) is 1. The minimum atomic E-state index is -0.366. The van der Waals surface area contributed by atoms with E-state index in [9.17, 15) is 4.79 Å². The van der Waals surface area contributed by atoms with E-state index >= 15 is 0 Å². The summed E-state index contributed by atoms with van der Waals surface area (Å²) in [5.41, 5.74) is 6.09. The highest BCUT2D eigenvalue weighted by Crippen LogP contribution is 2.60. The summed E-state index contributed by atoms with van der Waals surface area (Å²) in [7, 11) is 2.02. The molecule has 4 nitrogen and oxygen atoms in total. The first-order valence-electron chi connectivity index (χ1n) is 9.58. The van der Waals surface area contributed by atoms with Crippen molar-refractivity contribution in [2.75, 3.05) is 33.4 Å². The van der Waals surface area contributed by atoms with Gasteiger partial charge in [0.1, 0.15) is 0 Å². The molecule has 1 aliphatic heterocycles. The van der Waals surface area contributed by atoms with Crippen LogP contribution in [0.25, 0.3) is 0 Å². The maximum absolute atomic E-state index is 13.2. The summed E-state index contributed by atoms with van der Waals surface area (Å²) in [6.07, 6.45) is 10.0. The third-order valence-corrected chi connectivity index (χ3v) is 7.38. The first-order chi connectivity index (χ1) is 11.0. The van der Waals surface area contributed by atoms with Gasteiger partial charge in [-0.3, -0.25) is 4.79 Å². The molecule has 5 rings (SSSR count). The Morgan fingerprint density at radius 1 is 1.08 bits per heavy atom. The Labute approximate surface area is 152 Å². The van der Waals surface area contributed by atoms with Gasteiger partial charge in [0, 0.05) is 33.4 Å². The van der Waals surface area contributed by atoms with Gasteiger partial charge >= 0.3 is 0 Å². The van der Waals surface area contributed by atoms with Crippen molar-refractivity contribution in [3.05, 3.63) is 0 Å². The molecule has 0 radical (unpaired) electrons. The Balaban J connectivity index is 0.00000169. The summed E-state index contributed by atoms with van der Waals surface area (Å²) in [4.78, 5) is 15.2. The van der Waals surface area contributed by atoms with E-state index in [0.29, 0.717) is 25.2 Å². The molecule has 5 heteroatoms. The maximum Gasteiger partial charge on any atom is 0.230 e. The Bertz CT molecular complexity index is 441. The number of hydrogen-bond acceptors (Lipinski definition) is 3. The lowest BCUT2D eigenvalue weighted by Gasteiger charge is -2.58. The molecule has 4 bridgehead atoms. The van der Waals surface area contributed by atoms with Gasteiger partial charge in [0.2, 0.25) is 5.91 Å². The van der Waals surface area contributed by atoms with Crippen LogP contribution in [0.15, 0.2) is 0 Å². The summed E-state index contributed by atoms with van der Waals surface area (Å²) >= 11 is 0. The predicted molar refractivity (Wildman–Crippen MR) is 97.0 cm³/mol. The molecule has 0 unspecified atom stereocenters. The number of nitrogens with zero attached hydrogens (tertiary/aromatic N) is 1. The molecule has 0 atom stereocenters. The smallest absolute Gasteiger partial charge is 0.230 e. The second-order valence-electron chi connectivity index (χ2n) is 9.18. The SMILES string of the molecule is CN(CC12CC3CC(CC(C3)C1)C2)C(=O)C1(CN)CCOCC1.Cl. The van der Waals surface area contributed by atoms with Crippen molar-refractivity contribution in [3.63, 3.8) is 0 Å². The van der Waals surface area contributed by atoms with Crippen molar-refractivity contribution in [2.24, 2.45) is 34.3 Å². The van der Waals surface area contributed by atoms with Gasteiger partial charge in [0.25, 0.3) is 0 Å². The first-order valence-corrected chi connectivity index (χ1v) is 9.58. The van der Waals surface area contributed by atoms with Gasteiger partial charge in [0.05, 0.1) is 5.41 Å². The number of amides is 1. The monoisotopic (exact) mass is 356 g/mol. The molecule has 24 heavy (non-hydrogen) atoms. The number of halogens is 1. The molecule has 5 fully saturated rings. The lowest BCUT2D eigenvalue weighted by Crippen LogP contribution is -2.55. The van der Waals surface area contributed by atoms with Crippen molar-refractivity contribution in [1.82, 2.24) is 4.90 Å². The summed E-state index contributed by atoms with van der Waals surface area (Å²) < 4.78 is 5.46. The third kappa shape index (κ3) is 3.10. The molecular weight excluding hydrogens is 324 g/mol. The lowest BCUT2D eigenvalue weighted by atomic mass is 9.49. The van der Waals surface area contributed by atoms with E-state index in [-0.39, 0.29) is 23.7 Å². The Morgan fingerprint density at radius 2 is 1.58 bits per heavy atom. The van der Waals surface area contributed by atoms with Crippen LogP contribution < -0.4 is 5.73 Å². The molecule has 0 aromatic carbocycles. The third-order valence-electron chi connectivity index (χ3n) is 7.38. The minimum Gasteiger partial charge on any atom is -0.381 e. The average Bonchev–Trinajstić information content (AvgIpc) is 2.53. The standard InChI is InChI=1S/C19H32N2O2.ClH/c1-21(17(22)19(12-20)2-4-23-5-3-19)13-18-9-14-6-15(10-18)8-16(7-14)11-18;/h14-16H,2-13,20H2,1H3;1H. The number of rotatable bonds is 4. The molecule has 0 spiro atoms. The fourth-order valence-electron chi connectivity index (χ4n) is 6.73. The zero-order valence-corrected chi connectivity index (χ0v) is 15.8. The van der Waals surface area contributed by atoms with Crippen LogP contribution in [0.1, 0.15) is 51.4 Å². The highest BCUT2D eigenvalue weighted by atomic mass is 35.5. The summed E-state index contributed by atoms with van der Waals surface area (Å²) in [6.45, 7) is 2.76. The van der Waals surface area contributed by atoms with Gasteiger partial charge < -0.3 is 15.4 Å². The Hall–Kier alpha value is -0.320. The maximum atomic E-state index is 13.2. The van der Waals surface area contributed by atoms with Crippen LogP contribution in [0.2, 0.25) is 0 Å². The van der Waals surface area contributed by atoms with Crippen LogP contribution in [0, 0.1) is 28.6 Å². The van der Waals surface area contributed by atoms with Crippen molar-refractivity contribution in [3.8, 4) is 0 Å². The van der Waals surface area contributed by atoms with Crippen LogP contribution in [-0.2, 0) is 9.53 Å².